The molecule has 2 unspecified atom stereocenters. The van der Waals surface area contributed by atoms with E-state index >= 15 is 0 Å². The van der Waals surface area contributed by atoms with Gasteiger partial charge in [-0.1, -0.05) is 18.2 Å². The molecule has 2 heterocycles. The Balaban J connectivity index is 1.72. The fraction of sp³-hybridized carbons (Fsp3) is 0.500. The predicted molar refractivity (Wildman–Crippen MR) is 97.4 cm³/mol. The number of para-hydroxylation sites is 1. The van der Waals surface area contributed by atoms with E-state index in [4.69, 9.17) is 9.47 Å². The van der Waals surface area contributed by atoms with Gasteiger partial charge in [-0.15, -0.1) is 0 Å². The Bertz CT molecular complexity index is 739. The van der Waals surface area contributed by atoms with Crippen molar-refractivity contribution in [2.75, 3.05) is 19.8 Å². The van der Waals surface area contributed by atoms with Crippen LogP contribution in [-0.2, 0) is 20.7 Å². The van der Waals surface area contributed by atoms with Gasteiger partial charge in [-0.3, -0.25) is 9.78 Å². The van der Waals surface area contributed by atoms with E-state index in [1.165, 1.54) is 5.56 Å². The molecule has 25 heavy (non-hydrogen) atoms. The molecule has 2 aromatic rings. The molecule has 1 aliphatic rings. The van der Waals surface area contributed by atoms with Crippen molar-refractivity contribution in [1.82, 2.24) is 10.3 Å². The van der Waals surface area contributed by atoms with E-state index in [1.54, 1.807) is 13.8 Å². The van der Waals surface area contributed by atoms with Gasteiger partial charge < -0.3 is 14.8 Å². The summed E-state index contributed by atoms with van der Waals surface area (Å²) in [6.45, 7) is 7.19. The number of hydrogen-bond acceptors (Lipinski definition) is 4. The third-order valence-corrected chi connectivity index (χ3v) is 4.79. The number of amides is 1. The number of rotatable bonds is 6. The van der Waals surface area contributed by atoms with Gasteiger partial charge in [-0.25, -0.2) is 0 Å². The number of nitrogens with one attached hydrogen (secondary N) is 1. The standard InChI is InChI=1S/C20H26N2O3/c1-4-25-20(2,3)19(23)22-18-13-24-12-15(18)11-14-9-10-21-17-8-6-5-7-16(14)17/h5-10,15,18H,4,11-13H2,1-3H3,(H,22,23). The van der Waals surface area contributed by atoms with Gasteiger partial charge in [-0.05, 0) is 44.9 Å². The van der Waals surface area contributed by atoms with Crippen molar-refractivity contribution in [2.24, 2.45) is 5.92 Å². The van der Waals surface area contributed by atoms with E-state index in [0.29, 0.717) is 19.8 Å². The topological polar surface area (TPSA) is 60.5 Å². The number of fused-ring (bicyclic) bond motifs is 1. The molecular weight excluding hydrogens is 316 g/mol. The second-order valence-electron chi connectivity index (χ2n) is 7.01. The molecule has 0 saturated carbocycles. The van der Waals surface area contributed by atoms with Crippen molar-refractivity contribution in [3.05, 3.63) is 42.1 Å². The van der Waals surface area contributed by atoms with Crippen molar-refractivity contribution in [3.8, 4) is 0 Å². The number of carbonyl (C=O) groups is 1. The fourth-order valence-electron chi connectivity index (χ4n) is 3.34. The van der Waals surface area contributed by atoms with Gasteiger partial charge in [0.1, 0.15) is 5.60 Å². The Morgan fingerprint density at radius 2 is 2.12 bits per heavy atom. The van der Waals surface area contributed by atoms with E-state index in [1.807, 2.05) is 31.3 Å². The third-order valence-electron chi connectivity index (χ3n) is 4.79. The van der Waals surface area contributed by atoms with Gasteiger partial charge in [0.05, 0.1) is 24.8 Å². The summed E-state index contributed by atoms with van der Waals surface area (Å²) in [6, 6.07) is 10.2. The number of hydrogen-bond donors (Lipinski definition) is 1. The smallest absolute Gasteiger partial charge is 0.251 e. The number of carbonyl (C=O) groups excluding carboxylic acids is 1. The zero-order valence-corrected chi connectivity index (χ0v) is 15.1. The third kappa shape index (κ3) is 3.99. The molecule has 0 radical (unpaired) electrons. The molecule has 1 aromatic heterocycles. The monoisotopic (exact) mass is 342 g/mol. The fourth-order valence-corrected chi connectivity index (χ4v) is 3.34. The van der Waals surface area contributed by atoms with Gasteiger partial charge >= 0.3 is 0 Å². The highest BCUT2D eigenvalue weighted by Crippen LogP contribution is 2.24. The molecule has 5 heteroatoms. The van der Waals surface area contributed by atoms with E-state index in [9.17, 15) is 4.79 Å². The first kappa shape index (κ1) is 17.8. The maximum Gasteiger partial charge on any atom is 0.251 e. The molecule has 1 amide bonds. The van der Waals surface area contributed by atoms with Gasteiger partial charge in [0.25, 0.3) is 5.91 Å². The Hall–Kier alpha value is -1.98. The predicted octanol–water partition coefficient (Wildman–Crippen LogP) is 2.72. The Labute approximate surface area is 148 Å². The number of pyridine rings is 1. The van der Waals surface area contributed by atoms with Crippen molar-refractivity contribution in [3.63, 3.8) is 0 Å². The molecular formula is C20H26N2O3. The van der Waals surface area contributed by atoms with Crippen LogP contribution in [0.3, 0.4) is 0 Å². The van der Waals surface area contributed by atoms with Crippen LogP contribution < -0.4 is 5.32 Å². The first-order valence-electron chi connectivity index (χ1n) is 8.86. The van der Waals surface area contributed by atoms with Crippen LogP contribution in [0, 0.1) is 5.92 Å². The minimum Gasteiger partial charge on any atom is -0.379 e. The minimum atomic E-state index is -0.828. The number of ether oxygens (including phenoxy) is 2. The highest BCUT2D eigenvalue weighted by atomic mass is 16.5. The molecule has 1 N–H and O–H groups in total. The lowest BCUT2D eigenvalue weighted by molar-refractivity contribution is -0.143. The zero-order valence-electron chi connectivity index (χ0n) is 15.1. The van der Waals surface area contributed by atoms with E-state index in [-0.39, 0.29) is 17.9 Å². The summed E-state index contributed by atoms with van der Waals surface area (Å²) in [4.78, 5) is 16.9. The molecule has 0 aliphatic carbocycles. The second kappa shape index (κ2) is 7.50. The largest absolute Gasteiger partial charge is 0.379 e. The highest BCUT2D eigenvalue weighted by molar-refractivity contribution is 5.84. The molecule has 0 spiro atoms. The van der Waals surface area contributed by atoms with Crippen LogP contribution in [0.5, 0.6) is 0 Å². The van der Waals surface area contributed by atoms with Crippen LogP contribution in [0.15, 0.2) is 36.5 Å². The minimum absolute atomic E-state index is 0.000779. The Morgan fingerprint density at radius 1 is 1.32 bits per heavy atom. The summed E-state index contributed by atoms with van der Waals surface area (Å²) < 4.78 is 11.2. The first-order valence-corrected chi connectivity index (χ1v) is 8.86. The summed E-state index contributed by atoms with van der Waals surface area (Å²) in [5.74, 6) is 0.154. The van der Waals surface area contributed by atoms with Crippen molar-refractivity contribution < 1.29 is 14.3 Å². The van der Waals surface area contributed by atoms with Gasteiger partial charge in [0.2, 0.25) is 0 Å². The lowest BCUT2D eigenvalue weighted by atomic mass is 9.92. The average molecular weight is 342 g/mol. The van der Waals surface area contributed by atoms with Gasteiger partial charge in [-0.2, -0.15) is 0 Å². The molecule has 1 aliphatic heterocycles. The molecule has 2 atom stereocenters. The molecule has 1 aromatic carbocycles. The number of nitrogens with zero attached hydrogens (tertiary/aromatic N) is 1. The Kier molecular flexibility index (Phi) is 5.35. The number of aromatic nitrogens is 1. The maximum atomic E-state index is 12.5. The van der Waals surface area contributed by atoms with E-state index < -0.39 is 5.60 Å². The van der Waals surface area contributed by atoms with Crippen LogP contribution in [0.1, 0.15) is 26.3 Å². The van der Waals surface area contributed by atoms with E-state index in [0.717, 1.165) is 17.3 Å². The summed E-state index contributed by atoms with van der Waals surface area (Å²) >= 11 is 0. The molecule has 3 rings (SSSR count). The Morgan fingerprint density at radius 3 is 2.92 bits per heavy atom. The molecule has 134 valence electrons. The molecule has 1 saturated heterocycles. The van der Waals surface area contributed by atoms with Crippen LogP contribution in [-0.4, -0.2) is 42.4 Å². The first-order chi connectivity index (χ1) is 12.0. The van der Waals surface area contributed by atoms with Crippen molar-refractivity contribution in [1.29, 1.82) is 0 Å². The van der Waals surface area contributed by atoms with Crippen LogP contribution in [0.25, 0.3) is 10.9 Å². The second-order valence-corrected chi connectivity index (χ2v) is 7.01. The van der Waals surface area contributed by atoms with Gasteiger partial charge in [0.15, 0.2) is 0 Å². The summed E-state index contributed by atoms with van der Waals surface area (Å²) in [6.07, 6.45) is 2.70. The van der Waals surface area contributed by atoms with Crippen molar-refractivity contribution >= 4 is 16.8 Å². The average Bonchev–Trinajstić information content (AvgIpc) is 3.02. The SMILES string of the molecule is CCOC(C)(C)C(=O)NC1COCC1Cc1ccnc2ccccc12. The lowest BCUT2D eigenvalue weighted by Gasteiger charge is -2.27. The highest BCUT2D eigenvalue weighted by Gasteiger charge is 2.35. The number of benzene rings is 1. The summed E-state index contributed by atoms with van der Waals surface area (Å²) in [5, 5.41) is 4.28. The van der Waals surface area contributed by atoms with Crippen LogP contribution in [0.2, 0.25) is 0 Å². The van der Waals surface area contributed by atoms with Crippen LogP contribution in [0.4, 0.5) is 0 Å². The quantitative estimate of drug-likeness (QED) is 0.877. The van der Waals surface area contributed by atoms with Gasteiger partial charge in [0, 0.05) is 24.1 Å². The van der Waals surface area contributed by atoms with E-state index in [2.05, 4.69) is 22.4 Å². The molecule has 5 nitrogen and oxygen atoms in total. The maximum absolute atomic E-state index is 12.5. The molecule has 1 fully saturated rings. The van der Waals surface area contributed by atoms with Crippen LogP contribution >= 0.6 is 0 Å². The summed E-state index contributed by atoms with van der Waals surface area (Å²) in [7, 11) is 0. The lowest BCUT2D eigenvalue weighted by Crippen LogP contribution is -2.50. The zero-order chi connectivity index (χ0) is 17.9. The normalized spacial score (nSPS) is 20.8. The molecule has 0 bridgehead atoms. The van der Waals surface area contributed by atoms with Crippen molar-refractivity contribution in [2.45, 2.75) is 38.8 Å². The summed E-state index contributed by atoms with van der Waals surface area (Å²) in [5.41, 5.74) is 1.41.